The van der Waals surface area contributed by atoms with Gasteiger partial charge < -0.3 is 4.79 Å². The van der Waals surface area contributed by atoms with Crippen molar-refractivity contribution in [3.8, 4) is 0 Å². The summed E-state index contributed by atoms with van der Waals surface area (Å²) >= 11 is 0. The number of pyridine rings is 1. The summed E-state index contributed by atoms with van der Waals surface area (Å²) in [4.78, 5) is 26.4. The molecule has 5 nitrogen and oxygen atoms in total. The van der Waals surface area contributed by atoms with E-state index in [0.29, 0.717) is 18.8 Å². The summed E-state index contributed by atoms with van der Waals surface area (Å²) in [6.07, 6.45) is 4.18. The molecule has 1 N–H and O–H groups in total. The number of aromatic nitrogens is 1. The number of nitrogens with zero attached hydrogens (tertiary/aromatic N) is 2. The number of hydrogen-bond donors (Lipinski definition) is 1. The average Bonchev–Trinajstić information content (AvgIpc) is 2.40. The van der Waals surface area contributed by atoms with Crippen LogP contribution in [-0.4, -0.2) is 35.3 Å². The average molecular weight is 233 g/mol. The highest BCUT2D eigenvalue weighted by Gasteiger charge is 2.20. The summed E-state index contributed by atoms with van der Waals surface area (Å²) in [5, 5.41) is 1.84. The SMILES string of the molecule is O=CC1CCN(NC(=O)c2ccccn2)CC1. The molecule has 1 amide bonds. The van der Waals surface area contributed by atoms with Crippen LogP contribution >= 0.6 is 0 Å². The molecule has 1 saturated heterocycles. The van der Waals surface area contributed by atoms with Crippen molar-refractivity contribution in [2.75, 3.05) is 13.1 Å². The number of nitrogens with one attached hydrogen (secondary N) is 1. The zero-order chi connectivity index (χ0) is 12.1. The lowest BCUT2D eigenvalue weighted by Crippen LogP contribution is -2.47. The number of hydrazine groups is 1. The zero-order valence-electron chi connectivity index (χ0n) is 9.50. The second-order valence-electron chi connectivity index (χ2n) is 4.12. The van der Waals surface area contributed by atoms with Crippen molar-refractivity contribution in [1.29, 1.82) is 0 Å². The molecule has 17 heavy (non-hydrogen) atoms. The maximum atomic E-state index is 11.8. The van der Waals surface area contributed by atoms with E-state index in [9.17, 15) is 9.59 Å². The third kappa shape index (κ3) is 3.10. The Morgan fingerprint density at radius 2 is 2.18 bits per heavy atom. The van der Waals surface area contributed by atoms with Crippen LogP contribution in [0.15, 0.2) is 24.4 Å². The lowest BCUT2D eigenvalue weighted by molar-refractivity contribution is -0.112. The van der Waals surface area contributed by atoms with Gasteiger partial charge in [-0.05, 0) is 25.0 Å². The Morgan fingerprint density at radius 1 is 1.41 bits per heavy atom. The Hall–Kier alpha value is -1.75. The normalized spacial score (nSPS) is 17.6. The van der Waals surface area contributed by atoms with Gasteiger partial charge in [-0.15, -0.1) is 0 Å². The van der Waals surface area contributed by atoms with Crippen LogP contribution in [0.4, 0.5) is 0 Å². The number of carbonyl (C=O) groups is 2. The van der Waals surface area contributed by atoms with Crippen molar-refractivity contribution in [3.63, 3.8) is 0 Å². The van der Waals surface area contributed by atoms with Crippen molar-refractivity contribution in [1.82, 2.24) is 15.4 Å². The molecule has 0 aliphatic carbocycles. The van der Waals surface area contributed by atoms with E-state index in [1.54, 1.807) is 24.4 Å². The van der Waals surface area contributed by atoms with Crippen molar-refractivity contribution in [3.05, 3.63) is 30.1 Å². The lowest BCUT2D eigenvalue weighted by Gasteiger charge is -2.29. The minimum absolute atomic E-state index is 0.137. The van der Waals surface area contributed by atoms with Crippen LogP contribution in [0.1, 0.15) is 23.3 Å². The van der Waals surface area contributed by atoms with Crippen molar-refractivity contribution in [2.45, 2.75) is 12.8 Å². The Morgan fingerprint density at radius 3 is 2.76 bits per heavy atom. The summed E-state index contributed by atoms with van der Waals surface area (Å²) in [6.45, 7) is 1.42. The van der Waals surface area contributed by atoms with Crippen molar-refractivity contribution >= 4 is 12.2 Å². The van der Waals surface area contributed by atoms with Crippen LogP contribution in [-0.2, 0) is 4.79 Å². The second-order valence-corrected chi connectivity index (χ2v) is 4.12. The van der Waals surface area contributed by atoms with E-state index in [-0.39, 0.29) is 11.8 Å². The van der Waals surface area contributed by atoms with Gasteiger partial charge in [0.05, 0.1) is 0 Å². The van der Waals surface area contributed by atoms with Gasteiger partial charge in [-0.2, -0.15) is 0 Å². The van der Waals surface area contributed by atoms with Crippen LogP contribution in [0.5, 0.6) is 0 Å². The van der Waals surface area contributed by atoms with Gasteiger partial charge in [-0.25, -0.2) is 5.01 Å². The largest absolute Gasteiger partial charge is 0.303 e. The molecule has 2 heterocycles. The predicted molar refractivity (Wildman–Crippen MR) is 62.1 cm³/mol. The van der Waals surface area contributed by atoms with Crippen LogP contribution in [0.25, 0.3) is 0 Å². The van der Waals surface area contributed by atoms with Crippen LogP contribution in [0.2, 0.25) is 0 Å². The van der Waals surface area contributed by atoms with E-state index < -0.39 is 0 Å². The molecule has 1 aromatic rings. The number of amides is 1. The molecule has 0 aromatic carbocycles. The molecule has 1 aliphatic heterocycles. The summed E-state index contributed by atoms with van der Waals surface area (Å²) in [5.74, 6) is -0.0619. The molecule has 5 heteroatoms. The summed E-state index contributed by atoms with van der Waals surface area (Å²) in [5.41, 5.74) is 3.20. The van der Waals surface area contributed by atoms with Crippen molar-refractivity contribution < 1.29 is 9.59 Å². The smallest absolute Gasteiger partial charge is 0.284 e. The fourth-order valence-corrected chi connectivity index (χ4v) is 1.85. The van der Waals surface area contributed by atoms with Crippen LogP contribution in [0, 0.1) is 5.92 Å². The quantitative estimate of drug-likeness (QED) is 0.778. The topological polar surface area (TPSA) is 62.3 Å². The molecule has 1 fully saturated rings. The van der Waals surface area contributed by atoms with Gasteiger partial charge >= 0.3 is 0 Å². The number of piperidine rings is 1. The van der Waals surface area contributed by atoms with E-state index in [4.69, 9.17) is 0 Å². The minimum atomic E-state index is -0.199. The number of hydrogen-bond acceptors (Lipinski definition) is 4. The molecular weight excluding hydrogens is 218 g/mol. The Balaban J connectivity index is 1.86. The monoisotopic (exact) mass is 233 g/mol. The fourth-order valence-electron chi connectivity index (χ4n) is 1.85. The van der Waals surface area contributed by atoms with Gasteiger partial charge in [0.15, 0.2) is 0 Å². The Kier molecular flexibility index (Phi) is 3.82. The molecule has 90 valence electrons. The molecule has 0 unspecified atom stereocenters. The number of carbonyl (C=O) groups excluding carboxylic acids is 2. The van der Waals surface area contributed by atoms with E-state index in [1.807, 2.05) is 5.01 Å². The first-order valence-electron chi connectivity index (χ1n) is 5.72. The van der Waals surface area contributed by atoms with Gasteiger partial charge in [-0.1, -0.05) is 6.07 Å². The van der Waals surface area contributed by atoms with Gasteiger partial charge in [0.25, 0.3) is 5.91 Å². The Labute approximate surface area is 99.8 Å². The van der Waals surface area contributed by atoms with Crippen LogP contribution < -0.4 is 5.43 Å². The van der Waals surface area contributed by atoms with Gasteiger partial charge in [0.1, 0.15) is 12.0 Å². The molecule has 0 bridgehead atoms. The van der Waals surface area contributed by atoms with Crippen LogP contribution in [0.3, 0.4) is 0 Å². The predicted octanol–water partition coefficient (Wildman–Crippen LogP) is 0.637. The number of aldehydes is 1. The third-order valence-electron chi connectivity index (χ3n) is 2.89. The minimum Gasteiger partial charge on any atom is -0.303 e. The first kappa shape index (κ1) is 11.7. The zero-order valence-corrected chi connectivity index (χ0v) is 9.50. The molecule has 0 spiro atoms. The molecule has 1 aliphatic rings. The first-order valence-corrected chi connectivity index (χ1v) is 5.72. The Bertz CT molecular complexity index is 386. The maximum absolute atomic E-state index is 11.8. The van der Waals surface area contributed by atoms with E-state index >= 15 is 0 Å². The molecule has 1 aromatic heterocycles. The van der Waals surface area contributed by atoms with Gasteiger partial charge in [-0.3, -0.25) is 15.2 Å². The summed E-state index contributed by atoms with van der Waals surface area (Å²) in [7, 11) is 0. The highest BCUT2D eigenvalue weighted by atomic mass is 16.2. The molecular formula is C12H15N3O2. The highest BCUT2D eigenvalue weighted by molar-refractivity contribution is 5.91. The standard InChI is InChI=1S/C12H15N3O2/c16-9-10-4-7-15(8-5-10)14-12(17)11-3-1-2-6-13-11/h1-3,6,9-10H,4-5,7-8H2,(H,14,17). The molecule has 0 atom stereocenters. The molecule has 0 saturated carbocycles. The van der Waals surface area contributed by atoms with E-state index in [0.717, 1.165) is 19.1 Å². The molecule has 2 rings (SSSR count). The van der Waals surface area contributed by atoms with Crippen molar-refractivity contribution in [2.24, 2.45) is 5.92 Å². The fraction of sp³-hybridized carbons (Fsp3) is 0.417. The second kappa shape index (κ2) is 5.54. The third-order valence-corrected chi connectivity index (χ3v) is 2.89. The summed E-state index contributed by atoms with van der Waals surface area (Å²) in [6, 6.07) is 5.22. The maximum Gasteiger partial charge on any atom is 0.284 e. The number of rotatable bonds is 3. The highest BCUT2D eigenvalue weighted by Crippen LogP contribution is 2.13. The molecule has 0 radical (unpaired) electrons. The van der Waals surface area contributed by atoms with E-state index in [1.165, 1.54) is 0 Å². The van der Waals surface area contributed by atoms with Gasteiger partial charge in [0, 0.05) is 25.2 Å². The van der Waals surface area contributed by atoms with Gasteiger partial charge in [0.2, 0.25) is 0 Å². The lowest BCUT2D eigenvalue weighted by atomic mass is 10.00. The first-order chi connectivity index (χ1) is 8.29. The summed E-state index contributed by atoms with van der Waals surface area (Å²) < 4.78 is 0. The van der Waals surface area contributed by atoms with E-state index in [2.05, 4.69) is 10.4 Å².